The number of rotatable bonds is 7. The van der Waals surface area contributed by atoms with Gasteiger partial charge >= 0.3 is 0 Å². The van der Waals surface area contributed by atoms with Crippen molar-refractivity contribution in [2.45, 2.75) is 39.3 Å². The van der Waals surface area contributed by atoms with Crippen molar-refractivity contribution >= 4 is 29.3 Å². The molecule has 0 saturated heterocycles. The van der Waals surface area contributed by atoms with Crippen LogP contribution in [0.25, 0.3) is 6.08 Å². The molecule has 1 aliphatic rings. The lowest BCUT2D eigenvalue weighted by molar-refractivity contribution is -0.116. The van der Waals surface area contributed by atoms with Crippen molar-refractivity contribution in [3.05, 3.63) is 29.3 Å². The van der Waals surface area contributed by atoms with Gasteiger partial charge in [0.15, 0.2) is 5.11 Å². The summed E-state index contributed by atoms with van der Waals surface area (Å²) in [6.07, 6.45) is 4.11. The van der Waals surface area contributed by atoms with Crippen molar-refractivity contribution < 1.29 is 19.0 Å². The number of hydrogen-bond donors (Lipinski definition) is 3. The number of hydrazine groups is 1. The molecule has 1 aromatic carbocycles. The normalized spacial score (nSPS) is 16.4. The maximum Gasteiger partial charge on any atom is 0.262 e. The molecule has 0 aliphatic carbocycles. The topological polar surface area (TPSA) is 80.9 Å². The van der Waals surface area contributed by atoms with E-state index < -0.39 is 0 Å². The fraction of sp³-hybridized carbons (Fsp3) is 0.474. The van der Waals surface area contributed by atoms with Crippen molar-refractivity contribution in [1.82, 2.24) is 16.2 Å². The van der Waals surface area contributed by atoms with Gasteiger partial charge in [0.2, 0.25) is 0 Å². The van der Waals surface area contributed by atoms with Crippen LogP contribution < -0.4 is 25.6 Å². The third-order valence-electron chi connectivity index (χ3n) is 3.84. The molecule has 0 saturated carbocycles. The van der Waals surface area contributed by atoms with Gasteiger partial charge in [-0.25, -0.2) is 0 Å². The van der Waals surface area contributed by atoms with E-state index in [9.17, 15) is 4.79 Å². The highest BCUT2D eigenvalue weighted by Gasteiger charge is 2.21. The Labute approximate surface area is 165 Å². The first kappa shape index (κ1) is 21.0. The third kappa shape index (κ3) is 6.41. The second kappa shape index (κ2) is 10.1. The Balaban J connectivity index is 1.95. The molecule has 2 atom stereocenters. The number of nitrogens with one attached hydrogen (secondary N) is 3. The second-order valence-corrected chi connectivity index (χ2v) is 6.75. The fourth-order valence-electron chi connectivity index (χ4n) is 2.74. The van der Waals surface area contributed by atoms with Crippen LogP contribution in [-0.2, 0) is 16.0 Å². The summed E-state index contributed by atoms with van der Waals surface area (Å²) in [4.78, 5) is 12.0. The Morgan fingerprint density at radius 3 is 2.93 bits per heavy atom. The number of carbonyl (C=O) groups is 1. The van der Waals surface area contributed by atoms with Crippen LogP contribution in [0, 0.1) is 0 Å². The minimum Gasteiger partial charge on any atom is -0.493 e. The van der Waals surface area contributed by atoms with Crippen molar-refractivity contribution in [2.75, 3.05) is 20.3 Å². The van der Waals surface area contributed by atoms with E-state index in [-0.39, 0.29) is 18.1 Å². The SMILES string of the molecule is CCOc1cc2c(cc1/C=C/C(=O)NNC(=S)N[C@H](C)COC)O[C@H](C)C2. The monoisotopic (exact) mass is 393 g/mol. The summed E-state index contributed by atoms with van der Waals surface area (Å²) in [5.41, 5.74) is 7.08. The molecule has 1 heterocycles. The zero-order chi connectivity index (χ0) is 19.8. The molecule has 0 spiro atoms. The van der Waals surface area contributed by atoms with Gasteiger partial charge < -0.3 is 19.5 Å². The standard InChI is InChI=1S/C19H27N3O4S/c1-5-25-16-10-15-8-13(3)26-17(15)9-14(16)6-7-18(23)21-22-19(27)20-12(2)11-24-4/h6-7,9-10,12-13H,5,8,11H2,1-4H3,(H,21,23)(H2,20,22,27)/b7-6+/t12-,13-/m1/s1. The maximum atomic E-state index is 12.0. The molecular formula is C19H27N3O4S. The van der Waals surface area contributed by atoms with Crippen LogP contribution in [0.1, 0.15) is 31.9 Å². The Kier molecular flexibility index (Phi) is 7.87. The molecule has 8 heteroatoms. The van der Waals surface area contributed by atoms with Gasteiger partial charge in [0.05, 0.1) is 13.2 Å². The fourth-order valence-corrected chi connectivity index (χ4v) is 3.00. The number of benzene rings is 1. The first-order valence-electron chi connectivity index (χ1n) is 8.92. The molecule has 0 radical (unpaired) electrons. The minimum atomic E-state index is -0.337. The minimum absolute atomic E-state index is 0.0324. The highest BCUT2D eigenvalue weighted by atomic mass is 32.1. The highest BCUT2D eigenvalue weighted by Crippen LogP contribution is 2.35. The summed E-state index contributed by atoms with van der Waals surface area (Å²) in [5.74, 6) is 1.23. The zero-order valence-corrected chi connectivity index (χ0v) is 16.9. The van der Waals surface area contributed by atoms with Gasteiger partial charge in [-0.2, -0.15) is 0 Å². The largest absolute Gasteiger partial charge is 0.493 e. The molecule has 7 nitrogen and oxygen atoms in total. The van der Waals surface area contributed by atoms with Crippen molar-refractivity contribution in [2.24, 2.45) is 0 Å². The summed E-state index contributed by atoms with van der Waals surface area (Å²) >= 11 is 5.11. The predicted octanol–water partition coefficient (Wildman–Crippen LogP) is 1.95. The van der Waals surface area contributed by atoms with Gasteiger partial charge in [-0.05, 0) is 51.2 Å². The van der Waals surface area contributed by atoms with Gasteiger partial charge in [0.1, 0.15) is 17.6 Å². The quantitative estimate of drug-likeness (QED) is 0.371. The van der Waals surface area contributed by atoms with Crippen LogP contribution >= 0.6 is 12.2 Å². The van der Waals surface area contributed by atoms with Crippen LogP contribution in [0.15, 0.2) is 18.2 Å². The zero-order valence-electron chi connectivity index (χ0n) is 16.1. The molecule has 1 aliphatic heterocycles. The molecule has 27 heavy (non-hydrogen) atoms. The molecule has 0 bridgehead atoms. The number of hydrogen-bond acceptors (Lipinski definition) is 5. The Morgan fingerprint density at radius 2 is 2.22 bits per heavy atom. The molecule has 1 aromatic rings. The molecule has 0 unspecified atom stereocenters. The van der Waals surface area contributed by atoms with E-state index in [1.54, 1.807) is 13.2 Å². The number of thiocarbonyl (C=S) groups is 1. The van der Waals surface area contributed by atoms with Gasteiger partial charge in [-0.1, -0.05) is 0 Å². The second-order valence-electron chi connectivity index (χ2n) is 6.34. The average molecular weight is 394 g/mol. The van der Waals surface area contributed by atoms with Crippen molar-refractivity contribution in [1.29, 1.82) is 0 Å². The predicted molar refractivity (Wildman–Crippen MR) is 109 cm³/mol. The highest BCUT2D eigenvalue weighted by molar-refractivity contribution is 7.80. The molecule has 1 amide bonds. The maximum absolute atomic E-state index is 12.0. The Hall–Kier alpha value is -2.32. The summed E-state index contributed by atoms with van der Waals surface area (Å²) in [5, 5.41) is 3.30. The number of ether oxygens (including phenoxy) is 3. The van der Waals surface area contributed by atoms with Gasteiger partial charge in [-0.3, -0.25) is 15.6 Å². The van der Waals surface area contributed by atoms with E-state index in [0.717, 1.165) is 29.0 Å². The number of fused-ring (bicyclic) bond motifs is 1. The van der Waals surface area contributed by atoms with E-state index >= 15 is 0 Å². The smallest absolute Gasteiger partial charge is 0.262 e. The van der Waals surface area contributed by atoms with Crippen LogP contribution in [-0.4, -0.2) is 43.5 Å². The molecule has 3 N–H and O–H groups in total. The first-order valence-corrected chi connectivity index (χ1v) is 9.33. The van der Waals surface area contributed by atoms with Gasteiger partial charge in [-0.15, -0.1) is 0 Å². The molecular weight excluding hydrogens is 366 g/mol. The summed E-state index contributed by atoms with van der Waals surface area (Å²) < 4.78 is 16.5. The molecule has 0 aromatic heterocycles. The van der Waals surface area contributed by atoms with Crippen LogP contribution in [0.3, 0.4) is 0 Å². The number of carbonyl (C=O) groups excluding carboxylic acids is 1. The Bertz CT molecular complexity index is 708. The Morgan fingerprint density at radius 1 is 1.44 bits per heavy atom. The van der Waals surface area contributed by atoms with E-state index in [2.05, 4.69) is 16.2 Å². The van der Waals surface area contributed by atoms with Crippen LogP contribution in [0.5, 0.6) is 11.5 Å². The van der Waals surface area contributed by atoms with E-state index in [0.29, 0.717) is 18.3 Å². The number of amides is 1. The lowest BCUT2D eigenvalue weighted by Gasteiger charge is -2.16. The molecule has 0 fully saturated rings. The van der Waals surface area contributed by atoms with E-state index in [1.165, 1.54) is 6.08 Å². The molecule has 148 valence electrons. The molecule has 2 rings (SSSR count). The van der Waals surface area contributed by atoms with Crippen LogP contribution in [0.4, 0.5) is 0 Å². The van der Waals surface area contributed by atoms with Crippen molar-refractivity contribution in [3.8, 4) is 11.5 Å². The van der Waals surface area contributed by atoms with Gasteiger partial charge in [0.25, 0.3) is 5.91 Å². The lowest BCUT2D eigenvalue weighted by Crippen LogP contribution is -2.49. The summed E-state index contributed by atoms with van der Waals surface area (Å²) in [7, 11) is 1.61. The lowest BCUT2D eigenvalue weighted by atomic mass is 10.1. The number of methoxy groups -OCH3 is 1. The van der Waals surface area contributed by atoms with Crippen molar-refractivity contribution in [3.63, 3.8) is 0 Å². The van der Waals surface area contributed by atoms with Gasteiger partial charge in [0, 0.05) is 36.8 Å². The third-order valence-corrected chi connectivity index (χ3v) is 4.06. The van der Waals surface area contributed by atoms with E-state index in [4.69, 9.17) is 26.4 Å². The summed E-state index contributed by atoms with van der Waals surface area (Å²) in [6, 6.07) is 3.92. The van der Waals surface area contributed by atoms with Crippen LogP contribution in [0.2, 0.25) is 0 Å². The summed E-state index contributed by atoms with van der Waals surface area (Å²) in [6.45, 7) is 6.93. The first-order chi connectivity index (χ1) is 12.9. The van der Waals surface area contributed by atoms with E-state index in [1.807, 2.05) is 32.9 Å². The average Bonchev–Trinajstić information content (AvgIpc) is 2.97.